The molecular weight excluding hydrogens is 314 g/mol. The van der Waals surface area contributed by atoms with E-state index in [0.717, 1.165) is 23.3 Å². The maximum Gasteiger partial charge on any atom is 0.243 e. The highest BCUT2D eigenvalue weighted by Gasteiger charge is 2.65. The normalized spacial score (nSPS) is 41.6. The molecule has 4 bridgehead atoms. The number of hydrogen-bond donors (Lipinski definition) is 0. The van der Waals surface area contributed by atoms with Gasteiger partial charge in [0.15, 0.2) is 0 Å². The molecule has 0 N–H and O–H groups in total. The molecule has 2 heterocycles. The van der Waals surface area contributed by atoms with Crippen LogP contribution in [0, 0.1) is 23.2 Å². The van der Waals surface area contributed by atoms with Crippen LogP contribution in [0.15, 0.2) is 29.6 Å². The van der Waals surface area contributed by atoms with E-state index in [1.165, 1.54) is 38.5 Å². The molecule has 0 saturated heterocycles. The molecule has 0 radical (unpaired) electrons. The Bertz CT molecular complexity index is 709. The number of hydrogen-bond acceptors (Lipinski definition) is 4. The van der Waals surface area contributed by atoms with Gasteiger partial charge in [-0.05, 0) is 75.3 Å². The molecule has 4 aliphatic carbocycles. The standard InChI is InChI=1S/C20H25N3O2/c1-13(24)23-19(2,25-18(22-23)17-3-5-21-6-4-17)20-10-14-7-15(11-20)9-16(8-14)12-20/h3-6,14-16H,7-12H2,1-2H3. The second-order valence-electron chi connectivity index (χ2n) is 8.75. The largest absolute Gasteiger partial charge is 0.447 e. The Morgan fingerprint density at radius 3 is 2.20 bits per heavy atom. The molecule has 5 aliphatic rings. The third-order valence-electron chi connectivity index (χ3n) is 7.14. The average Bonchev–Trinajstić information content (AvgIpc) is 2.94. The summed E-state index contributed by atoms with van der Waals surface area (Å²) in [7, 11) is 0. The minimum absolute atomic E-state index is 0.0334. The van der Waals surface area contributed by atoms with Gasteiger partial charge in [0, 0.05) is 30.3 Å². The van der Waals surface area contributed by atoms with Gasteiger partial charge in [-0.2, -0.15) is 5.01 Å². The van der Waals surface area contributed by atoms with Crippen molar-refractivity contribution in [2.45, 2.75) is 58.1 Å². The van der Waals surface area contributed by atoms with Crippen LogP contribution in [-0.4, -0.2) is 27.5 Å². The summed E-state index contributed by atoms with van der Waals surface area (Å²) < 4.78 is 6.52. The second kappa shape index (κ2) is 5.05. The van der Waals surface area contributed by atoms with Gasteiger partial charge in [-0.3, -0.25) is 9.78 Å². The predicted molar refractivity (Wildman–Crippen MR) is 93.4 cm³/mol. The molecule has 1 unspecified atom stereocenters. The Balaban J connectivity index is 1.55. The van der Waals surface area contributed by atoms with Crippen molar-refractivity contribution < 1.29 is 9.53 Å². The van der Waals surface area contributed by atoms with Gasteiger partial charge < -0.3 is 4.74 Å². The van der Waals surface area contributed by atoms with Crippen molar-refractivity contribution in [1.29, 1.82) is 0 Å². The van der Waals surface area contributed by atoms with E-state index in [-0.39, 0.29) is 11.3 Å². The molecule has 0 spiro atoms. The highest BCUT2D eigenvalue weighted by Crippen LogP contribution is 2.65. The van der Waals surface area contributed by atoms with Crippen LogP contribution in [0.1, 0.15) is 57.9 Å². The highest BCUT2D eigenvalue weighted by atomic mass is 16.6. The van der Waals surface area contributed by atoms with Crippen molar-refractivity contribution >= 4 is 11.8 Å². The monoisotopic (exact) mass is 339 g/mol. The Labute approximate surface area is 148 Å². The summed E-state index contributed by atoms with van der Waals surface area (Å²) in [5.41, 5.74) is 0.244. The molecule has 4 fully saturated rings. The van der Waals surface area contributed by atoms with Gasteiger partial charge in [-0.1, -0.05) is 0 Å². The van der Waals surface area contributed by atoms with E-state index < -0.39 is 5.72 Å². The lowest BCUT2D eigenvalue weighted by Crippen LogP contribution is -2.63. The van der Waals surface area contributed by atoms with E-state index in [0.29, 0.717) is 5.90 Å². The van der Waals surface area contributed by atoms with Crippen molar-refractivity contribution in [3.8, 4) is 0 Å². The molecule has 132 valence electrons. The summed E-state index contributed by atoms with van der Waals surface area (Å²) in [5.74, 6) is 2.90. The lowest BCUT2D eigenvalue weighted by molar-refractivity contribution is -0.216. The molecule has 25 heavy (non-hydrogen) atoms. The fourth-order valence-corrected chi connectivity index (χ4v) is 6.43. The number of nitrogens with zero attached hydrogens (tertiary/aromatic N) is 3. The van der Waals surface area contributed by atoms with Crippen molar-refractivity contribution in [2.75, 3.05) is 0 Å². The minimum atomic E-state index is -0.673. The molecule has 6 rings (SSSR count). The first kappa shape index (κ1) is 15.4. The fraction of sp³-hybridized carbons (Fsp3) is 0.650. The van der Waals surface area contributed by atoms with Gasteiger partial charge in [0.25, 0.3) is 0 Å². The Morgan fingerprint density at radius 1 is 1.12 bits per heavy atom. The first-order valence-electron chi connectivity index (χ1n) is 9.48. The zero-order chi connectivity index (χ0) is 17.2. The maximum absolute atomic E-state index is 12.5. The molecule has 1 atom stereocenters. The fourth-order valence-electron chi connectivity index (χ4n) is 6.43. The third-order valence-corrected chi connectivity index (χ3v) is 7.14. The Hall–Kier alpha value is -1.91. The smallest absolute Gasteiger partial charge is 0.243 e. The number of aromatic nitrogens is 1. The summed E-state index contributed by atoms with van der Waals surface area (Å²) in [5, 5.41) is 6.25. The molecular formula is C20H25N3O2. The third kappa shape index (κ3) is 2.10. The number of hydrazone groups is 1. The van der Waals surface area contributed by atoms with E-state index in [4.69, 9.17) is 4.74 Å². The van der Waals surface area contributed by atoms with Crippen molar-refractivity contribution in [3.63, 3.8) is 0 Å². The zero-order valence-electron chi connectivity index (χ0n) is 14.9. The van der Waals surface area contributed by atoms with Crippen LogP contribution >= 0.6 is 0 Å². The number of rotatable bonds is 2. The van der Waals surface area contributed by atoms with E-state index in [1.807, 2.05) is 12.1 Å². The molecule has 1 amide bonds. The van der Waals surface area contributed by atoms with Crippen molar-refractivity contribution in [3.05, 3.63) is 30.1 Å². The zero-order valence-corrected chi connectivity index (χ0v) is 14.9. The number of carbonyl (C=O) groups excluding carboxylic acids is 1. The van der Waals surface area contributed by atoms with Gasteiger partial charge >= 0.3 is 0 Å². The summed E-state index contributed by atoms with van der Waals surface area (Å²) >= 11 is 0. The number of carbonyl (C=O) groups is 1. The van der Waals surface area contributed by atoms with Crippen LogP contribution in [0.4, 0.5) is 0 Å². The Kier molecular flexibility index (Phi) is 3.10. The highest BCUT2D eigenvalue weighted by molar-refractivity contribution is 5.96. The predicted octanol–water partition coefficient (Wildman–Crippen LogP) is 3.55. The summed E-state index contributed by atoms with van der Waals surface area (Å²) in [6.45, 7) is 3.69. The lowest BCUT2D eigenvalue weighted by atomic mass is 9.47. The molecule has 0 aromatic carbocycles. The van der Waals surface area contributed by atoms with Gasteiger partial charge in [0.05, 0.1) is 0 Å². The van der Waals surface area contributed by atoms with Gasteiger partial charge in [-0.25, -0.2) is 0 Å². The molecule has 4 saturated carbocycles. The average molecular weight is 339 g/mol. The summed E-state index contributed by atoms with van der Waals surface area (Å²) in [4.78, 5) is 16.5. The van der Waals surface area contributed by atoms with E-state index in [2.05, 4.69) is 17.0 Å². The van der Waals surface area contributed by atoms with Crippen LogP contribution in [0.5, 0.6) is 0 Å². The lowest BCUT2D eigenvalue weighted by Gasteiger charge is -2.61. The van der Waals surface area contributed by atoms with Crippen LogP contribution in [0.3, 0.4) is 0 Å². The topological polar surface area (TPSA) is 54.8 Å². The van der Waals surface area contributed by atoms with Gasteiger partial charge in [0.2, 0.25) is 17.5 Å². The number of pyridine rings is 1. The molecule has 1 aromatic rings. The van der Waals surface area contributed by atoms with Crippen LogP contribution in [0.2, 0.25) is 0 Å². The van der Waals surface area contributed by atoms with E-state index in [1.54, 1.807) is 24.3 Å². The van der Waals surface area contributed by atoms with Gasteiger partial charge in [0.1, 0.15) is 0 Å². The van der Waals surface area contributed by atoms with Crippen LogP contribution < -0.4 is 0 Å². The van der Waals surface area contributed by atoms with Gasteiger partial charge in [-0.15, -0.1) is 5.10 Å². The van der Waals surface area contributed by atoms with Crippen LogP contribution in [0.25, 0.3) is 0 Å². The molecule has 1 aliphatic heterocycles. The number of amides is 1. The van der Waals surface area contributed by atoms with Crippen LogP contribution in [-0.2, 0) is 9.53 Å². The van der Waals surface area contributed by atoms with Crippen molar-refractivity contribution in [2.24, 2.45) is 28.3 Å². The molecule has 5 heteroatoms. The van der Waals surface area contributed by atoms with Crippen molar-refractivity contribution in [1.82, 2.24) is 9.99 Å². The minimum Gasteiger partial charge on any atom is -0.447 e. The molecule has 1 aromatic heterocycles. The van der Waals surface area contributed by atoms with E-state index in [9.17, 15) is 4.79 Å². The number of ether oxygens (including phenoxy) is 1. The molecule has 5 nitrogen and oxygen atoms in total. The Morgan fingerprint density at radius 2 is 1.68 bits per heavy atom. The quantitative estimate of drug-likeness (QED) is 0.828. The van der Waals surface area contributed by atoms with E-state index >= 15 is 0 Å². The SMILES string of the molecule is CC(=O)N1N=C(c2ccncc2)OC1(C)C12CC3CC(CC(C3)C1)C2. The maximum atomic E-state index is 12.5. The summed E-state index contributed by atoms with van der Waals surface area (Å²) in [6, 6.07) is 3.78. The second-order valence-corrected chi connectivity index (χ2v) is 8.75. The summed E-state index contributed by atoms with van der Waals surface area (Å²) in [6.07, 6.45) is 11.1. The first-order chi connectivity index (χ1) is 12.0. The first-order valence-corrected chi connectivity index (χ1v) is 9.48.